The van der Waals surface area contributed by atoms with Gasteiger partial charge in [-0.2, -0.15) is 0 Å². The maximum absolute atomic E-state index is 13.1. The Hall–Kier alpha value is -3.58. The van der Waals surface area contributed by atoms with E-state index in [1.54, 1.807) is 51.5 Å². The van der Waals surface area contributed by atoms with Crippen molar-refractivity contribution in [3.8, 4) is 11.5 Å². The van der Waals surface area contributed by atoms with Gasteiger partial charge in [0.15, 0.2) is 11.4 Å². The molecule has 0 aliphatic carbocycles. The number of aryl methyl sites for hydroxylation is 2. The second kappa shape index (κ2) is 11.9. The number of rotatable bonds is 11. The van der Waals surface area contributed by atoms with Crippen LogP contribution >= 0.6 is 0 Å². The molecule has 0 bridgehead atoms. The highest BCUT2D eigenvalue weighted by Crippen LogP contribution is 2.30. The number of benzene rings is 2. The zero-order chi connectivity index (χ0) is 28.1. The predicted molar refractivity (Wildman–Crippen MR) is 147 cm³/mol. The number of Topliss-reactive ketones (excluding diaryl/α,β-unsaturated/α-hetero) is 1. The smallest absolute Gasteiger partial charge is 0.350 e. The summed E-state index contributed by atoms with van der Waals surface area (Å²) in [7, 11) is 1.60. The molecule has 0 saturated heterocycles. The molecule has 1 heterocycles. The van der Waals surface area contributed by atoms with E-state index in [9.17, 15) is 9.59 Å². The number of ketones is 1. The Labute approximate surface area is 225 Å². The van der Waals surface area contributed by atoms with E-state index in [4.69, 9.17) is 18.6 Å². The molecule has 0 unspecified atom stereocenters. The van der Waals surface area contributed by atoms with Crippen molar-refractivity contribution in [3.63, 3.8) is 0 Å². The van der Waals surface area contributed by atoms with Crippen molar-refractivity contribution in [3.05, 3.63) is 82.8 Å². The fourth-order valence-corrected chi connectivity index (χ4v) is 4.11. The van der Waals surface area contributed by atoms with E-state index >= 15 is 0 Å². The molecule has 0 atom stereocenters. The van der Waals surface area contributed by atoms with E-state index in [1.165, 1.54) is 0 Å². The second-order valence-electron chi connectivity index (χ2n) is 11.0. The van der Waals surface area contributed by atoms with E-state index in [-0.39, 0.29) is 12.3 Å². The molecule has 0 saturated carbocycles. The number of methoxy groups -OCH3 is 1. The van der Waals surface area contributed by atoms with Gasteiger partial charge < -0.3 is 18.6 Å². The summed E-state index contributed by atoms with van der Waals surface area (Å²) in [5.74, 6) is 1.72. The number of ether oxygens (including phenoxy) is 3. The van der Waals surface area contributed by atoms with Crippen molar-refractivity contribution in [1.29, 1.82) is 0 Å². The summed E-state index contributed by atoms with van der Waals surface area (Å²) in [6.07, 6.45) is 1.63. The molecule has 0 amide bonds. The van der Waals surface area contributed by atoms with Crippen molar-refractivity contribution in [2.75, 3.05) is 13.7 Å². The van der Waals surface area contributed by atoms with Crippen LogP contribution in [0, 0.1) is 13.8 Å². The molecule has 7 nitrogen and oxygen atoms in total. The zero-order valence-corrected chi connectivity index (χ0v) is 23.7. The molecule has 0 aliphatic rings. The number of nitrogens with zero attached hydrogens (tertiary/aromatic N) is 1. The lowest BCUT2D eigenvalue weighted by Crippen LogP contribution is -2.43. The highest BCUT2D eigenvalue weighted by atomic mass is 16.6. The molecule has 0 N–H and O–H groups in total. The van der Waals surface area contributed by atoms with Crippen LogP contribution in [-0.2, 0) is 22.6 Å². The van der Waals surface area contributed by atoms with Gasteiger partial charge in [-0.15, -0.1) is 0 Å². The van der Waals surface area contributed by atoms with Crippen LogP contribution in [0.15, 0.2) is 59.2 Å². The van der Waals surface area contributed by atoms with E-state index in [0.29, 0.717) is 30.2 Å². The lowest BCUT2D eigenvalue weighted by molar-refractivity contribution is -0.171. The van der Waals surface area contributed by atoms with Crippen molar-refractivity contribution < 1.29 is 28.2 Å². The molecule has 0 fully saturated rings. The Morgan fingerprint density at radius 1 is 0.921 bits per heavy atom. The minimum atomic E-state index is -1.15. The predicted octanol–water partition coefficient (Wildman–Crippen LogP) is 6.29. The summed E-state index contributed by atoms with van der Waals surface area (Å²) >= 11 is 0. The third kappa shape index (κ3) is 7.96. The summed E-state index contributed by atoms with van der Waals surface area (Å²) in [6.45, 7) is 14.1. The van der Waals surface area contributed by atoms with Gasteiger partial charge >= 0.3 is 5.97 Å². The monoisotopic (exact) mass is 521 g/mol. The van der Waals surface area contributed by atoms with Gasteiger partial charge in [-0.3, -0.25) is 9.69 Å². The van der Waals surface area contributed by atoms with Crippen LogP contribution in [0.1, 0.15) is 67.4 Å². The van der Waals surface area contributed by atoms with Gasteiger partial charge in [-0.25, -0.2) is 4.79 Å². The molecular weight excluding hydrogens is 482 g/mol. The van der Waals surface area contributed by atoms with Crippen molar-refractivity contribution >= 4 is 11.8 Å². The molecule has 0 radical (unpaired) electrons. The molecular formula is C31H39NO6. The summed E-state index contributed by atoms with van der Waals surface area (Å²) in [5.41, 5.74) is 1.69. The van der Waals surface area contributed by atoms with E-state index < -0.39 is 17.2 Å². The van der Waals surface area contributed by atoms with Crippen LogP contribution < -0.4 is 9.47 Å². The van der Waals surface area contributed by atoms with Crippen LogP contribution in [0.2, 0.25) is 0 Å². The number of hydrogen-bond acceptors (Lipinski definition) is 7. The number of esters is 1. The van der Waals surface area contributed by atoms with E-state index in [1.807, 2.05) is 63.8 Å². The molecule has 7 heteroatoms. The first-order chi connectivity index (χ1) is 17.8. The lowest BCUT2D eigenvalue weighted by Gasteiger charge is -2.30. The zero-order valence-electron chi connectivity index (χ0n) is 23.7. The van der Waals surface area contributed by atoms with Crippen LogP contribution in [0.25, 0.3) is 0 Å². The normalized spacial score (nSPS) is 11.9. The maximum Gasteiger partial charge on any atom is 0.350 e. The summed E-state index contributed by atoms with van der Waals surface area (Å²) in [6, 6.07) is 14.9. The van der Waals surface area contributed by atoms with Gasteiger partial charge in [0.1, 0.15) is 22.9 Å². The highest BCUT2D eigenvalue weighted by Gasteiger charge is 2.35. The number of carbonyl (C=O) groups is 2. The second-order valence-corrected chi connectivity index (χ2v) is 11.0. The first-order valence-electron chi connectivity index (χ1n) is 12.7. The molecule has 0 spiro atoms. The topological polar surface area (TPSA) is 78.2 Å². The van der Waals surface area contributed by atoms with E-state index in [2.05, 4.69) is 0 Å². The maximum atomic E-state index is 13.1. The summed E-state index contributed by atoms with van der Waals surface area (Å²) in [4.78, 5) is 27.9. The number of furan rings is 1. The van der Waals surface area contributed by atoms with Gasteiger partial charge in [0, 0.05) is 12.1 Å². The Balaban J connectivity index is 1.79. The fraction of sp³-hybridized carbons (Fsp3) is 0.419. The Kier molecular flexibility index (Phi) is 9.05. The average molecular weight is 522 g/mol. The lowest BCUT2D eigenvalue weighted by atomic mass is 10.0. The molecule has 3 rings (SSSR count). The SMILES string of the molecule is COc1ccc(C(=O)CN(Cc2cc(C)c(OC(C)(C)C(=O)OC(C)(C)C)c(C)c2)Cc2ccco2)cc1. The largest absolute Gasteiger partial charge is 0.497 e. The minimum Gasteiger partial charge on any atom is -0.497 e. The Morgan fingerprint density at radius 3 is 2.08 bits per heavy atom. The Morgan fingerprint density at radius 2 is 1.55 bits per heavy atom. The van der Waals surface area contributed by atoms with Crippen LogP contribution in [0.4, 0.5) is 0 Å². The fourth-order valence-electron chi connectivity index (χ4n) is 4.11. The molecule has 2 aromatic carbocycles. The summed E-state index contributed by atoms with van der Waals surface area (Å²) in [5, 5.41) is 0. The van der Waals surface area contributed by atoms with Crippen LogP contribution in [0.3, 0.4) is 0 Å². The van der Waals surface area contributed by atoms with Gasteiger partial charge in [0.25, 0.3) is 0 Å². The summed E-state index contributed by atoms with van der Waals surface area (Å²) < 4.78 is 22.5. The van der Waals surface area contributed by atoms with Crippen molar-refractivity contribution in [2.45, 2.75) is 72.8 Å². The molecule has 38 heavy (non-hydrogen) atoms. The Bertz CT molecular complexity index is 1210. The molecule has 204 valence electrons. The van der Waals surface area contributed by atoms with Crippen LogP contribution in [0.5, 0.6) is 11.5 Å². The first-order valence-corrected chi connectivity index (χ1v) is 12.7. The third-order valence-electron chi connectivity index (χ3n) is 5.91. The average Bonchev–Trinajstić information content (AvgIpc) is 3.33. The van der Waals surface area contributed by atoms with Crippen LogP contribution in [-0.4, -0.2) is 41.5 Å². The van der Waals surface area contributed by atoms with Crippen molar-refractivity contribution in [2.24, 2.45) is 0 Å². The molecule has 0 aliphatic heterocycles. The van der Waals surface area contributed by atoms with Gasteiger partial charge in [-0.1, -0.05) is 12.1 Å². The molecule has 3 aromatic rings. The first kappa shape index (κ1) is 29.0. The number of carbonyl (C=O) groups excluding carboxylic acids is 2. The highest BCUT2D eigenvalue weighted by molar-refractivity contribution is 5.97. The number of hydrogen-bond donors (Lipinski definition) is 0. The quantitative estimate of drug-likeness (QED) is 0.217. The van der Waals surface area contributed by atoms with Gasteiger partial charge in [-0.05, 0) is 102 Å². The van der Waals surface area contributed by atoms with Crippen molar-refractivity contribution in [1.82, 2.24) is 4.90 Å². The third-order valence-corrected chi connectivity index (χ3v) is 5.91. The van der Waals surface area contributed by atoms with Gasteiger partial charge in [0.2, 0.25) is 0 Å². The van der Waals surface area contributed by atoms with E-state index in [0.717, 1.165) is 22.5 Å². The standard InChI is InChI=1S/C31H39NO6/c1-21-16-23(17-22(2)28(21)37-31(6,7)29(34)38-30(3,4)5)18-32(19-26-10-9-15-36-26)20-27(33)24-11-13-25(35-8)14-12-24/h9-17H,18-20H2,1-8H3. The minimum absolute atomic E-state index is 0.00622. The van der Waals surface area contributed by atoms with Gasteiger partial charge in [0.05, 0.1) is 26.5 Å². The molecule has 1 aromatic heterocycles.